The normalized spacial score (nSPS) is 19.2. The minimum absolute atomic E-state index is 0.0188. The third-order valence-electron chi connectivity index (χ3n) is 6.23. The first kappa shape index (κ1) is 27.1. The van der Waals surface area contributed by atoms with Crippen LogP contribution in [0.15, 0.2) is 72.8 Å². The summed E-state index contributed by atoms with van der Waals surface area (Å²) in [7, 11) is 0. The van der Waals surface area contributed by atoms with E-state index in [9.17, 15) is 30.7 Å². The molecule has 198 valence electrons. The molecule has 1 aliphatic rings. The van der Waals surface area contributed by atoms with E-state index in [1.807, 2.05) is 30.3 Å². The van der Waals surface area contributed by atoms with E-state index in [2.05, 4.69) is 10.2 Å². The number of halogens is 7. The molecule has 0 unspecified atom stereocenters. The lowest BCUT2D eigenvalue weighted by molar-refractivity contribution is -0.143. The van der Waals surface area contributed by atoms with E-state index in [4.69, 9.17) is 4.74 Å². The second-order valence-corrected chi connectivity index (χ2v) is 8.94. The van der Waals surface area contributed by atoms with Crippen LogP contribution in [0, 0.1) is 5.82 Å². The maximum absolute atomic E-state index is 13.6. The lowest BCUT2D eigenvalue weighted by Crippen LogP contribution is -2.54. The van der Waals surface area contributed by atoms with Gasteiger partial charge in [0, 0.05) is 19.6 Å². The molecule has 1 saturated heterocycles. The molecule has 0 aromatic heterocycles. The van der Waals surface area contributed by atoms with Gasteiger partial charge in [0.05, 0.1) is 36.4 Å². The topological polar surface area (TPSA) is 24.5 Å². The summed E-state index contributed by atoms with van der Waals surface area (Å²) in [6.07, 6.45) is -9.85. The number of benzene rings is 3. The molecule has 3 aromatic rings. The maximum atomic E-state index is 13.6. The van der Waals surface area contributed by atoms with Crippen molar-refractivity contribution in [2.24, 2.45) is 0 Å². The Bertz CT molecular complexity index is 1130. The molecule has 0 bridgehead atoms. The van der Waals surface area contributed by atoms with Crippen LogP contribution in [-0.4, -0.2) is 30.6 Å². The quantitative estimate of drug-likeness (QED) is 0.352. The molecule has 0 aliphatic carbocycles. The lowest BCUT2D eigenvalue weighted by Gasteiger charge is -2.42. The number of nitrogens with one attached hydrogen (secondary N) is 1. The number of rotatable bonds is 7. The van der Waals surface area contributed by atoms with Crippen LogP contribution in [0.25, 0.3) is 0 Å². The molecule has 2 atom stereocenters. The van der Waals surface area contributed by atoms with E-state index in [-0.39, 0.29) is 36.1 Å². The van der Waals surface area contributed by atoms with Crippen LogP contribution in [0.4, 0.5) is 30.7 Å². The fraction of sp³-hybridized carbons (Fsp3) is 0.333. The van der Waals surface area contributed by atoms with Crippen molar-refractivity contribution in [1.29, 1.82) is 0 Å². The minimum Gasteiger partial charge on any atom is -0.375 e. The summed E-state index contributed by atoms with van der Waals surface area (Å²) >= 11 is 0. The number of alkyl halides is 6. The average Bonchev–Trinajstić information content (AvgIpc) is 2.84. The molecule has 0 radical (unpaired) electrons. The van der Waals surface area contributed by atoms with E-state index < -0.39 is 30.1 Å². The van der Waals surface area contributed by atoms with Crippen LogP contribution >= 0.6 is 0 Å². The molecule has 1 aliphatic heterocycles. The zero-order chi connectivity index (χ0) is 26.6. The summed E-state index contributed by atoms with van der Waals surface area (Å²) in [5.41, 5.74) is -1.10. The number of hydrogen-bond donors (Lipinski definition) is 1. The summed E-state index contributed by atoms with van der Waals surface area (Å²) in [5, 5.41) is 3.34. The standard InChI is InChI=1S/C27H25F7N2O/c28-23-8-6-20(7-9-23)25-24(35-10-11-36(25)15-18-4-2-1-3-5-18)17-37-16-19-12-21(26(29,30)31)14-22(13-19)27(32,33)34/h1-9,12-14,24-25,35H,10-11,15-17H2/t24-,25+/m0/s1. The molecule has 37 heavy (non-hydrogen) atoms. The summed E-state index contributed by atoms with van der Waals surface area (Å²) < 4.78 is 98.4. The number of nitrogens with zero attached hydrogens (tertiary/aromatic N) is 1. The van der Waals surface area contributed by atoms with Crippen LogP contribution in [0.1, 0.15) is 33.9 Å². The largest absolute Gasteiger partial charge is 0.416 e. The van der Waals surface area contributed by atoms with Crippen molar-refractivity contribution >= 4 is 0 Å². The number of hydrogen-bond acceptors (Lipinski definition) is 3. The van der Waals surface area contributed by atoms with Gasteiger partial charge in [0.25, 0.3) is 0 Å². The van der Waals surface area contributed by atoms with Crippen LogP contribution in [0.2, 0.25) is 0 Å². The van der Waals surface area contributed by atoms with E-state index in [0.717, 1.165) is 11.1 Å². The molecular formula is C27H25F7N2O. The van der Waals surface area contributed by atoms with Gasteiger partial charge in [-0.25, -0.2) is 4.39 Å². The molecule has 4 rings (SSSR count). The molecular weight excluding hydrogens is 501 g/mol. The van der Waals surface area contributed by atoms with Crippen molar-refractivity contribution in [2.45, 2.75) is 37.6 Å². The highest BCUT2D eigenvalue weighted by molar-refractivity contribution is 5.33. The van der Waals surface area contributed by atoms with Gasteiger partial charge in [0.15, 0.2) is 0 Å². The zero-order valence-corrected chi connectivity index (χ0v) is 19.6. The molecule has 0 spiro atoms. The summed E-state index contributed by atoms with van der Waals surface area (Å²) in [6.45, 7) is 1.46. The Morgan fingerprint density at radius 1 is 0.811 bits per heavy atom. The Balaban J connectivity index is 1.53. The Morgan fingerprint density at radius 3 is 2.03 bits per heavy atom. The van der Waals surface area contributed by atoms with Crippen LogP contribution < -0.4 is 5.32 Å². The lowest BCUT2D eigenvalue weighted by atomic mass is 9.95. The Hall–Kier alpha value is -2.95. The van der Waals surface area contributed by atoms with Gasteiger partial charge in [-0.1, -0.05) is 42.5 Å². The van der Waals surface area contributed by atoms with Crippen molar-refractivity contribution in [2.75, 3.05) is 19.7 Å². The summed E-state index contributed by atoms with van der Waals surface area (Å²) in [5.74, 6) is -0.389. The maximum Gasteiger partial charge on any atom is 0.416 e. The van der Waals surface area contributed by atoms with Crippen molar-refractivity contribution < 1.29 is 35.5 Å². The van der Waals surface area contributed by atoms with Gasteiger partial charge in [-0.2, -0.15) is 26.3 Å². The molecule has 1 N–H and O–H groups in total. The van der Waals surface area contributed by atoms with Crippen molar-refractivity contribution in [3.8, 4) is 0 Å². The Kier molecular flexibility index (Phi) is 8.20. The Morgan fingerprint density at radius 2 is 1.43 bits per heavy atom. The zero-order valence-electron chi connectivity index (χ0n) is 19.6. The van der Waals surface area contributed by atoms with Crippen LogP contribution in [-0.2, 0) is 30.2 Å². The second-order valence-electron chi connectivity index (χ2n) is 8.94. The molecule has 0 amide bonds. The van der Waals surface area contributed by atoms with E-state index in [1.54, 1.807) is 12.1 Å². The van der Waals surface area contributed by atoms with Gasteiger partial charge in [-0.15, -0.1) is 0 Å². The monoisotopic (exact) mass is 526 g/mol. The summed E-state index contributed by atoms with van der Waals surface area (Å²) in [4.78, 5) is 2.19. The van der Waals surface area contributed by atoms with E-state index in [1.165, 1.54) is 12.1 Å². The number of ether oxygens (including phenoxy) is 1. The van der Waals surface area contributed by atoms with Gasteiger partial charge >= 0.3 is 12.4 Å². The van der Waals surface area contributed by atoms with Crippen LogP contribution in [0.3, 0.4) is 0 Å². The first-order valence-electron chi connectivity index (χ1n) is 11.6. The molecule has 10 heteroatoms. The smallest absolute Gasteiger partial charge is 0.375 e. The highest BCUT2D eigenvalue weighted by Crippen LogP contribution is 2.36. The average molecular weight is 526 g/mol. The first-order valence-corrected chi connectivity index (χ1v) is 11.6. The highest BCUT2D eigenvalue weighted by atomic mass is 19.4. The van der Waals surface area contributed by atoms with Crippen molar-refractivity contribution in [1.82, 2.24) is 10.2 Å². The molecule has 3 nitrogen and oxygen atoms in total. The van der Waals surface area contributed by atoms with E-state index >= 15 is 0 Å². The second kappa shape index (κ2) is 11.2. The summed E-state index contributed by atoms with van der Waals surface area (Å²) in [6, 6.07) is 16.6. The molecule has 1 heterocycles. The predicted octanol–water partition coefficient (Wildman–Crippen LogP) is 6.60. The highest BCUT2D eigenvalue weighted by Gasteiger charge is 2.37. The molecule has 0 saturated carbocycles. The van der Waals surface area contributed by atoms with Gasteiger partial charge in [0.1, 0.15) is 5.82 Å². The third-order valence-corrected chi connectivity index (χ3v) is 6.23. The SMILES string of the molecule is Fc1ccc([C@@H]2[C@H](COCc3cc(C(F)(F)F)cc(C(F)(F)F)c3)NCCN2Cc2ccccc2)cc1. The van der Waals surface area contributed by atoms with E-state index in [0.29, 0.717) is 31.8 Å². The van der Waals surface area contributed by atoms with Gasteiger partial charge in [-0.05, 0) is 47.0 Å². The molecule has 1 fully saturated rings. The van der Waals surface area contributed by atoms with Crippen LogP contribution in [0.5, 0.6) is 0 Å². The van der Waals surface area contributed by atoms with Crippen molar-refractivity contribution in [3.63, 3.8) is 0 Å². The van der Waals surface area contributed by atoms with Gasteiger partial charge in [-0.3, -0.25) is 4.90 Å². The Labute approximate surface area is 209 Å². The predicted molar refractivity (Wildman–Crippen MR) is 124 cm³/mol. The first-order chi connectivity index (χ1) is 17.5. The van der Waals surface area contributed by atoms with Crippen molar-refractivity contribution in [3.05, 3.63) is 106 Å². The van der Waals surface area contributed by atoms with Gasteiger partial charge in [0.2, 0.25) is 0 Å². The number of piperazine rings is 1. The van der Waals surface area contributed by atoms with Gasteiger partial charge < -0.3 is 10.1 Å². The minimum atomic E-state index is -4.92. The molecule has 3 aromatic carbocycles. The fourth-order valence-corrected chi connectivity index (χ4v) is 4.55. The fourth-order valence-electron chi connectivity index (χ4n) is 4.55. The third kappa shape index (κ3) is 7.09.